The van der Waals surface area contributed by atoms with E-state index >= 15 is 0 Å². The highest BCUT2D eigenvalue weighted by Crippen LogP contribution is 2.28. The normalized spacial score (nSPS) is 11.8. The van der Waals surface area contributed by atoms with Gasteiger partial charge in [-0.2, -0.15) is 0 Å². The summed E-state index contributed by atoms with van der Waals surface area (Å²) in [5.74, 6) is 0.118. The molecule has 0 radical (unpaired) electrons. The summed E-state index contributed by atoms with van der Waals surface area (Å²) in [5, 5.41) is 1.86. The molecule has 0 unspecified atom stereocenters. The number of rotatable bonds is 17. The minimum absolute atomic E-state index is 0.202. The average Bonchev–Trinajstić information content (AvgIpc) is 3.10. The minimum atomic E-state index is -0.450. The maximum atomic E-state index is 12.9. The van der Waals surface area contributed by atoms with E-state index in [1.54, 1.807) is 30.3 Å². The third kappa shape index (κ3) is 10.5. The smallest absolute Gasteiger partial charge is 0.343 e. The predicted octanol–water partition coefficient (Wildman–Crippen LogP) is 10.5. The zero-order chi connectivity index (χ0) is 33.6. The maximum absolute atomic E-state index is 12.9. The van der Waals surface area contributed by atoms with Crippen LogP contribution in [0.4, 0.5) is 0 Å². The molecule has 4 aromatic carbocycles. The Morgan fingerprint density at radius 3 is 1.91 bits per heavy atom. The molecular formula is C41H48O6. The van der Waals surface area contributed by atoms with Gasteiger partial charge in [-0.3, -0.25) is 9.59 Å². The predicted molar refractivity (Wildman–Crippen MR) is 188 cm³/mol. The van der Waals surface area contributed by atoms with Gasteiger partial charge in [-0.05, 0) is 83.1 Å². The fourth-order valence-electron chi connectivity index (χ4n) is 5.47. The summed E-state index contributed by atoms with van der Waals surface area (Å²) in [6, 6.07) is 25.9. The van der Waals surface area contributed by atoms with Crippen LogP contribution in [-0.4, -0.2) is 24.5 Å². The highest BCUT2D eigenvalue weighted by atomic mass is 16.5. The lowest BCUT2D eigenvalue weighted by Crippen LogP contribution is -2.18. The molecule has 4 aromatic rings. The van der Waals surface area contributed by atoms with Crippen molar-refractivity contribution in [2.45, 2.75) is 91.4 Å². The number of ether oxygens (including phenoxy) is 3. The molecule has 6 heteroatoms. The Bertz CT molecular complexity index is 1600. The van der Waals surface area contributed by atoms with Crippen molar-refractivity contribution in [3.63, 3.8) is 0 Å². The molecule has 0 amide bonds. The lowest BCUT2D eigenvalue weighted by atomic mass is 9.97. The van der Waals surface area contributed by atoms with Crippen LogP contribution in [0.5, 0.6) is 11.5 Å². The van der Waals surface area contributed by atoms with Gasteiger partial charge in [0.25, 0.3) is 0 Å². The van der Waals surface area contributed by atoms with Crippen molar-refractivity contribution in [3.8, 4) is 22.6 Å². The molecule has 0 aromatic heterocycles. The molecule has 0 saturated carbocycles. The van der Waals surface area contributed by atoms with E-state index in [0.29, 0.717) is 36.0 Å². The van der Waals surface area contributed by atoms with E-state index in [1.165, 1.54) is 19.3 Å². The highest BCUT2D eigenvalue weighted by Gasteiger charge is 2.19. The minimum Gasteiger partial charge on any atom is -0.465 e. The molecule has 0 heterocycles. The van der Waals surface area contributed by atoms with Gasteiger partial charge in [0.1, 0.15) is 11.5 Å². The Hall–Kier alpha value is -4.45. The molecule has 1 atom stereocenters. The first-order valence-corrected chi connectivity index (χ1v) is 17.1. The summed E-state index contributed by atoms with van der Waals surface area (Å²) in [6.45, 7) is 8.72. The molecule has 0 spiro atoms. The Balaban J connectivity index is 1.29. The molecule has 0 aliphatic rings. The second kappa shape index (κ2) is 18.0. The molecule has 248 valence electrons. The molecule has 0 bridgehead atoms. The monoisotopic (exact) mass is 636 g/mol. The van der Waals surface area contributed by atoms with Gasteiger partial charge in [-0.25, -0.2) is 4.79 Å². The van der Waals surface area contributed by atoms with Crippen molar-refractivity contribution >= 4 is 28.7 Å². The Kier molecular flexibility index (Phi) is 13.6. The zero-order valence-electron chi connectivity index (χ0n) is 28.3. The molecule has 6 nitrogen and oxygen atoms in total. The number of carbonyl (C=O) groups excluding carboxylic acids is 3. The quantitative estimate of drug-likeness (QED) is 0.0652. The van der Waals surface area contributed by atoms with Gasteiger partial charge < -0.3 is 14.2 Å². The molecule has 0 aliphatic heterocycles. The van der Waals surface area contributed by atoms with E-state index in [4.69, 9.17) is 14.2 Å². The van der Waals surface area contributed by atoms with Crippen LogP contribution in [0.3, 0.4) is 0 Å². The fraction of sp³-hybridized carbons (Fsp3) is 0.390. The van der Waals surface area contributed by atoms with E-state index < -0.39 is 5.97 Å². The van der Waals surface area contributed by atoms with Gasteiger partial charge in [0.05, 0.1) is 18.1 Å². The summed E-state index contributed by atoms with van der Waals surface area (Å²) in [7, 11) is 0. The maximum Gasteiger partial charge on any atom is 0.343 e. The number of fused-ring (bicyclic) bond motifs is 1. The van der Waals surface area contributed by atoms with Crippen molar-refractivity contribution in [1.29, 1.82) is 0 Å². The number of benzene rings is 4. The van der Waals surface area contributed by atoms with Crippen molar-refractivity contribution in [2.24, 2.45) is 5.92 Å². The number of unbranched alkanes of at least 4 members (excludes halogenated alkanes) is 5. The van der Waals surface area contributed by atoms with Crippen LogP contribution in [0.25, 0.3) is 21.9 Å². The van der Waals surface area contributed by atoms with Gasteiger partial charge >= 0.3 is 17.9 Å². The first-order chi connectivity index (χ1) is 22.8. The van der Waals surface area contributed by atoms with E-state index in [1.807, 2.05) is 61.5 Å². The molecule has 0 aliphatic carbocycles. The van der Waals surface area contributed by atoms with Crippen LogP contribution in [0, 0.1) is 5.92 Å². The SMILES string of the molecule is CCCCCCCCC(=O)Oc1ccc(-c2ccc(C(=O)Oc3ccc4cc([C@H](C)C(=O)OCC(CC)CC)ccc4c3)cc2)cc1. The number of hydrogen-bond acceptors (Lipinski definition) is 6. The second-order valence-corrected chi connectivity index (χ2v) is 12.3. The van der Waals surface area contributed by atoms with Gasteiger partial charge in [0.15, 0.2) is 0 Å². The Morgan fingerprint density at radius 2 is 1.23 bits per heavy atom. The van der Waals surface area contributed by atoms with Gasteiger partial charge in [0, 0.05) is 6.42 Å². The average molecular weight is 637 g/mol. The van der Waals surface area contributed by atoms with Crippen molar-refractivity contribution in [2.75, 3.05) is 6.61 Å². The largest absolute Gasteiger partial charge is 0.465 e. The lowest BCUT2D eigenvalue weighted by Gasteiger charge is -2.16. The zero-order valence-corrected chi connectivity index (χ0v) is 28.3. The number of esters is 3. The summed E-state index contributed by atoms with van der Waals surface area (Å²) >= 11 is 0. The topological polar surface area (TPSA) is 78.9 Å². The van der Waals surface area contributed by atoms with Crippen LogP contribution < -0.4 is 9.47 Å². The van der Waals surface area contributed by atoms with Crippen molar-refractivity contribution < 1.29 is 28.6 Å². The van der Waals surface area contributed by atoms with Crippen LogP contribution in [0.1, 0.15) is 107 Å². The number of carbonyl (C=O) groups is 3. The van der Waals surface area contributed by atoms with Crippen LogP contribution in [0.15, 0.2) is 84.9 Å². The highest BCUT2D eigenvalue weighted by molar-refractivity contribution is 5.93. The van der Waals surface area contributed by atoms with E-state index in [0.717, 1.165) is 59.6 Å². The van der Waals surface area contributed by atoms with Gasteiger partial charge in [-0.15, -0.1) is 0 Å². The molecule has 0 N–H and O–H groups in total. The second-order valence-electron chi connectivity index (χ2n) is 12.3. The standard InChI is InChI=1S/C41H48O6/c1-5-8-9-10-11-12-13-39(42)46-37-23-20-32(21-24-37)31-14-16-33(17-15-31)41(44)47-38-25-22-35-26-34(18-19-36(35)27-38)29(4)40(43)45-28-30(6-2)7-3/h14-27,29-30H,5-13,28H2,1-4H3/t29-/m0/s1. The fourth-order valence-corrected chi connectivity index (χ4v) is 5.47. The first kappa shape index (κ1) is 35.4. The van der Waals surface area contributed by atoms with Crippen LogP contribution >= 0.6 is 0 Å². The van der Waals surface area contributed by atoms with Crippen molar-refractivity contribution in [1.82, 2.24) is 0 Å². The van der Waals surface area contributed by atoms with Crippen molar-refractivity contribution in [3.05, 3.63) is 96.1 Å². The molecular weight excluding hydrogens is 588 g/mol. The molecule has 0 saturated heterocycles. The van der Waals surface area contributed by atoms with E-state index in [9.17, 15) is 14.4 Å². The van der Waals surface area contributed by atoms with Crippen LogP contribution in [0.2, 0.25) is 0 Å². The number of hydrogen-bond donors (Lipinski definition) is 0. The Morgan fingerprint density at radius 1 is 0.638 bits per heavy atom. The summed E-state index contributed by atoms with van der Waals surface area (Å²) in [6.07, 6.45) is 9.16. The van der Waals surface area contributed by atoms with Gasteiger partial charge in [-0.1, -0.05) is 114 Å². The summed E-state index contributed by atoms with van der Waals surface area (Å²) in [4.78, 5) is 37.8. The summed E-state index contributed by atoms with van der Waals surface area (Å²) in [5.41, 5.74) is 3.20. The first-order valence-electron chi connectivity index (χ1n) is 17.1. The third-order valence-corrected chi connectivity index (χ3v) is 8.79. The van der Waals surface area contributed by atoms with E-state index in [2.05, 4.69) is 20.8 Å². The molecule has 4 rings (SSSR count). The lowest BCUT2D eigenvalue weighted by molar-refractivity contribution is -0.146. The van der Waals surface area contributed by atoms with Gasteiger partial charge in [0.2, 0.25) is 0 Å². The molecule has 47 heavy (non-hydrogen) atoms. The van der Waals surface area contributed by atoms with Crippen LogP contribution in [-0.2, 0) is 14.3 Å². The summed E-state index contributed by atoms with van der Waals surface area (Å²) < 4.78 is 16.8. The third-order valence-electron chi connectivity index (χ3n) is 8.79. The Labute approximate surface area is 279 Å². The van der Waals surface area contributed by atoms with E-state index in [-0.39, 0.29) is 17.9 Å². The molecule has 0 fully saturated rings.